The fourth-order valence-electron chi connectivity index (χ4n) is 4.86. The second-order valence-corrected chi connectivity index (χ2v) is 9.38. The highest BCUT2D eigenvalue weighted by molar-refractivity contribution is 7.23. The number of nitrogen functional groups attached to an aromatic ring is 1. The minimum Gasteiger partial charge on any atom is -0.390 e. The van der Waals surface area contributed by atoms with Gasteiger partial charge in [-0.3, -0.25) is 9.69 Å². The number of carbonyl (C=O) groups excluding carboxylic acids is 1. The molecule has 5 heteroatoms. The van der Waals surface area contributed by atoms with Crippen LogP contribution >= 0.6 is 11.3 Å². The zero-order valence-electron chi connectivity index (χ0n) is 16.9. The average molecular weight is 421 g/mol. The first-order chi connectivity index (χ1) is 14.6. The number of carbonyl (C=O) groups is 1. The van der Waals surface area contributed by atoms with E-state index in [2.05, 4.69) is 11.0 Å². The molecule has 3 aromatic rings. The van der Waals surface area contributed by atoms with Gasteiger partial charge in [-0.2, -0.15) is 0 Å². The van der Waals surface area contributed by atoms with Crippen LogP contribution in [0.5, 0.6) is 0 Å². The van der Waals surface area contributed by atoms with Crippen LogP contribution in [0.25, 0.3) is 15.7 Å². The summed E-state index contributed by atoms with van der Waals surface area (Å²) >= 11 is 1.59. The topological polar surface area (TPSA) is 46.3 Å². The lowest BCUT2D eigenvalue weighted by atomic mass is 9.94. The third kappa shape index (κ3) is 3.57. The number of benzene rings is 2. The van der Waals surface area contributed by atoms with Gasteiger partial charge in [0.05, 0.1) is 5.00 Å². The van der Waals surface area contributed by atoms with Crippen LogP contribution in [0.1, 0.15) is 53.6 Å². The molecule has 5 rings (SSSR count). The van der Waals surface area contributed by atoms with Gasteiger partial charge in [-0.05, 0) is 80.3 Å². The molecule has 1 fully saturated rings. The highest BCUT2D eigenvalue weighted by Gasteiger charge is 2.26. The third-order valence-corrected chi connectivity index (χ3v) is 7.47. The van der Waals surface area contributed by atoms with Gasteiger partial charge in [0.1, 0.15) is 5.82 Å². The zero-order valence-corrected chi connectivity index (χ0v) is 17.7. The SMILES string of the molecule is Nc1sc2ccc(C(=O)c3ccc(F)cc3)cc2c1C1=CCN2CCCCC2CC1. The summed E-state index contributed by atoms with van der Waals surface area (Å²) in [6.45, 7) is 2.16. The molecule has 1 saturated heterocycles. The molecule has 1 atom stereocenters. The lowest BCUT2D eigenvalue weighted by Gasteiger charge is -2.33. The van der Waals surface area contributed by atoms with Gasteiger partial charge in [0.2, 0.25) is 0 Å². The quantitative estimate of drug-likeness (QED) is 0.538. The second kappa shape index (κ2) is 7.97. The van der Waals surface area contributed by atoms with Gasteiger partial charge < -0.3 is 5.73 Å². The van der Waals surface area contributed by atoms with Crippen LogP contribution in [-0.4, -0.2) is 29.8 Å². The summed E-state index contributed by atoms with van der Waals surface area (Å²) < 4.78 is 14.3. The molecule has 154 valence electrons. The van der Waals surface area contributed by atoms with Crippen molar-refractivity contribution in [3.05, 3.63) is 71.0 Å². The molecule has 3 heterocycles. The van der Waals surface area contributed by atoms with Crippen molar-refractivity contribution in [2.75, 3.05) is 18.8 Å². The number of allylic oxidation sites excluding steroid dienone is 1. The summed E-state index contributed by atoms with van der Waals surface area (Å²) in [5.74, 6) is -0.439. The van der Waals surface area contributed by atoms with Crippen molar-refractivity contribution in [2.24, 2.45) is 0 Å². The summed E-state index contributed by atoms with van der Waals surface area (Å²) in [7, 11) is 0. The first-order valence-electron chi connectivity index (χ1n) is 10.7. The van der Waals surface area contributed by atoms with E-state index in [1.807, 2.05) is 18.2 Å². The Bertz CT molecular complexity index is 1130. The number of halogens is 1. The number of nitrogens with two attached hydrogens (primary N) is 1. The zero-order chi connectivity index (χ0) is 20.7. The minimum atomic E-state index is -0.341. The summed E-state index contributed by atoms with van der Waals surface area (Å²) in [4.78, 5) is 15.6. The van der Waals surface area contributed by atoms with Crippen LogP contribution in [0, 0.1) is 5.82 Å². The van der Waals surface area contributed by atoms with Crippen molar-refractivity contribution in [3.8, 4) is 0 Å². The van der Waals surface area contributed by atoms with Crippen LogP contribution in [0.15, 0.2) is 48.5 Å². The minimum absolute atomic E-state index is 0.0976. The van der Waals surface area contributed by atoms with E-state index in [4.69, 9.17) is 5.73 Å². The van der Waals surface area contributed by atoms with Gasteiger partial charge in [-0.1, -0.05) is 12.5 Å². The largest absolute Gasteiger partial charge is 0.390 e. The van der Waals surface area contributed by atoms with E-state index in [1.165, 1.54) is 55.6 Å². The molecule has 0 amide bonds. The Hall–Kier alpha value is -2.50. The van der Waals surface area contributed by atoms with E-state index in [1.54, 1.807) is 11.3 Å². The smallest absolute Gasteiger partial charge is 0.193 e. The number of rotatable bonds is 3. The van der Waals surface area contributed by atoms with Crippen LogP contribution in [0.2, 0.25) is 0 Å². The summed E-state index contributed by atoms with van der Waals surface area (Å²) in [6, 6.07) is 12.2. The molecule has 2 aliphatic heterocycles. The summed E-state index contributed by atoms with van der Waals surface area (Å²) in [5, 5.41) is 1.87. The fraction of sp³-hybridized carbons (Fsp3) is 0.320. The standard InChI is InChI=1S/C25H25FN2OS/c26-19-8-4-17(5-9-19)24(29)18-7-11-22-21(15-18)23(25(27)30-22)16-6-10-20-3-1-2-13-28(20)14-12-16/h4-5,7-9,11-12,15,20H,1-3,6,10,13-14,27H2. The molecule has 0 aliphatic carbocycles. The highest BCUT2D eigenvalue weighted by Crippen LogP contribution is 2.41. The van der Waals surface area contributed by atoms with E-state index < -0.39 is 0 Å². The van der Waals surface area contributed by atoms with Crippen LogP contribution in [0.3, 0.4) is 0 Å². The lowest BCUT2D eigenvalue weighted by molar-refractivity contribution is 0.103. The Morgan fingerprint density at radius 2 is 1.87 bits per heavy atom. The third-order valence-electron chi connectivity index (χ3n) is 6.47. The molecule has 0 saturated carbocycles. The van der Waals surface area contributed by atoms with Crippen LogP contribution in [0.4, 0.5) is 9.39 Å². The Labute approximate surface area is 180 Å². The van der Waals surface area contributed by atoms with E-state index in [0.29, 0.717) is 17.2 Å². The lowest BCUT2D eigenvalue weighted by Crippen LogP contribution is -2.38. The number of hydrogen-bond donors (Lipinski definition) is 1. The van der Waals surface area contributed by atoms with E-state index in [9.17, 15) is 9.18 Å². The first-order valence-corrected chi connectivity index (χ1v) is 11.5. The van der Waals surface area contributed by atoms with Crippen LogP contribution in [-0.2, 0) is 0 Å². The number of fused-ring (bicyclic) bond motifs is 2. The van der Waals surface area contributed by atoms with E-state index >= 15 is 0 Å². The van der Waals surface area contributed by atoms with Crippen molar-refractivity contribution in [1.29, 1.82) is 0 Å². The maximum Gasteiger partial charge on any atom is 0.193 e. The Kier molecular flexibility index (Phi) is 5.17. The monoisotopic (exact) mass is 420 g/mol. The number of nitrogens with zero attached hydrogens (tertiary/aromatic N) is 1. The van der Waals surface area contributed by atoms with Gasteiger partial charge in [0.15, 0.2) is 5.78 Å². The number of hydrogen-bond acceptors (Lipinski definition) is 4. The van der Waals surface area contributed by atoms with Crippen molar-refractivity contribution in [1.82, 2.24) is 4.90 Å². The molecule has 0 radical (unpaired) electrons. The molecular formula is C25H25FN2OS. The molecule has 3 nitrogen and oxygen atoms in total. The molecule has 2 aromatic carbocycles. The molecule has 2 N–H and O–H groups in total. The molecule has 2 aliphatic rings. The van der Waals surface area contributed by atoms with E-state index in [0.717, 1.165) is 40.0 Å². The highest BCUT2D eigenvalue weighted by atomic mass is 32.1. The fourth-order valence-corrected chi connectivity index (χ4v) is 5.85. The Morgan fingerprint density at radius 1 is 1.07 bits per heavy atom. The Balaban J connectivity index is 1.52. The summed E-state index contributed by atoms with van der Waals surface area (Å²) in [5.41, 5.74) is 9.98. The average Bonchev–Trinajstić information content (AvgIpc) is 2.95. The van der Waals surface area contributed by atoms with Crippen molar-refractivity contribution >= 4 is 37.8 Å². The maximum absolute atomic E-state index is 13.2. The van der Waals surface area contributed by atoms with Crippen molar-refractivity contribution in [3.63, 3.8) is 0 Å². The number of ketones is 1. The maximum atomic E-state index is 13.2. The first kappa shape index (κ1) is 19.5. The molecule has 1 aromatic heterocycles. The predicted molar refractivity (Wildman–Crippen MR) is 122 cm³/mol. The van der Waals surface area contributed by atoms with Crippen LogP contribution < -0.4 is 5.73 Å². The Morgan fingerprint density at radius 3 is 2.70 bits per heavy atom. The molecular weight excluding hydrogens is 395 g/mol. The normalized spacial score (nSPS) is 19.9. The number of thiophene rings is 1. The number of anilines is 1. The molecule has 1 unspecified atom stereocenters. The second-order valence-electron chi connectivity index (χ2n) is 8.30. The molecule has 30 heavy (non-hydrogen) atoms. The van der Waals surface area contributed by atoms with Gasteiger partial charge in [-0.15, -0.1) is 11.3 Å². The van der Waals surface area contributed by atoms with Gasteiger partial charge in [0, 0.05) is 39.4 Å². The molecule has 0 spiro atoms. The van der Waals surface area contributed by atoms with Crippen molar-refractivity contribution in [2.45, 2.75) is 38.1 Å². The summed E-state index contributed by atoms with van der Waals surface area (Å²) in [6.07, 6.45) is 8.44. The van der Waals surface area contributed by atoms with Gasteiger partial charge in [-0.25, -0.2) is 4.39 Å². The van der Waals surface area contributed by atoms with Gasteiger partial charge >= 0.3 is 0 Å². The molecule has 0 bridgehead atoms. The number of piperidine rings is 1. The van der Waals surface area contributed by atoms with E-state index in [-0.39, 0.29) is 11.6 Å². The predicted octanol–water partition coefficient (Wildman–Crippen LogP) is 5.89. The van der Waals surface area contributed by atoms with Crippen molar-refractivity contribution < 1.29 is 9.18 Å². The van der Waals surface area contributed by atoms with Gasteiger partial charge in [0.25, 0.3) is 0 Å².